The molecule has 0 fully saturated rings. The number of rotatable bonds is 4. The molecule has 2 N–H and O–H groups in total. The van der Waals surface area contributed by atoms with Crippen molar-refractivity contribution in [3.63, 3.8) is 0 Å². The predicted molar refractivity (Wildman–Crippen MR) is 62.1 cm³/mol. The zero-order valence-electron chi connectivity index (χ0n) is 9.38. The van der Waals surface area contributed by atoms with E-state index in [1.54, 1.807) is 7.11 Å². The standard InChI is InChI=1S/C12H16N2O2/c1-16-8-13-7-9-2-4-11-10(6-9)3-5-12(15)14-11/h2,4,6,13H,3,5,7-8H2,1H3,(H,14,15). The fraction of sp³-hybridized carbons (Fsp3) is 0.417. The van der Waals surface area contributed by atoms with E-state index in [2.05, 4.69) is 16.7 Å². The molecule has 1 heterocycles. The fourth-order valence-electron chi connectivity index (χ4n) is 1.84. The van der Waals surface area contributed by atoms with E-state index in [0.717, 1.165) is 18.7 Å². The number of carbonyl (C=O) groups excluding carboxylic acids is 1. The van der Waals surface area contributed by atoms with Gasteiger partial charge in [0.25, 0.3) is 0 Å². The highest BCUT2D eigenvalue weighted by atomic mass is 16.5. The van der Waals surface area contributed by atoms with Crippen molar-refractivity contribution in [1.29, 1.82) is 0 Å². The molecular weight excluding hydrogens is 204 g/mol. The van der Waals surface area contributed by atoms with Gasteiger partial charge in [0.1, 0.15) is 0 Å². The predicted octanol–water partition coefficient (Wildman–Crippen LogP) is 1.26. The van der Waals surface area contributed by atoms with Gasteiger partial charge in [-0.1, -0.05) is 12.1 Å². The van der Waals surface area contributed by atoms with E-state index >= 15 is 0 Å². The van der Waals surface area contributed by atoms with Crippen molar-refractivity contribution in [3.05, 3.63) is 29.3 Å². The van der Waals surface area contributed by atoms with E-state index in [1.165, 1.54) is 11.1 Å². The van der Waals surface area contributed by atoms with Crippen molar-refractivity contribution >= 4 is 11.6 Å². The summed E-state index contributed by atoms with van der Waals surface area (Å²) in [4.78, 5) is 11.2. The molecule has 0 saturated heterocycles. The van der Waals surface area contributed by atoms with Gasteiger partial charge in [0.05, 0.1) is 6.73 Å². The second-order valence-corrected chi connectivity index (χ2v) is 3.90. The first kappa shape index (κ1) is 11.1. The van der Waals surface area contributed by atoms with Gasteiger partial charge in [0, 0.05) is 25.8 Å². The summed E-state index contributed by atoms with van der Waals surface area (Å²) < 4.78 is 4.92. The second-order valence-electron chi connectivity index (χ2n) is 3.90. The van der Waals surface area contributed by atoms with Gasteiger partial charge in [-0.25, -0.2) is 0 Å². The van der Waals surface area contributed by atoms with Crippen molar-refractivity contribution in [2.24, 2.45) is 0 Å². The molecule has 0 atom stereocenters. The van der Waals surface area contributed by atoms with Crippen LogP contribution in [-0.4, -0.2) is 19.7 Å². The molecule has 1 amide bonds. The monoisotopic (exact) mass is 220 g/mol. The highest BCUT2D eigenvalue weighted by molar-refractivity contribution is 5.93. The molecule has 4 heteroatoms. The molecule has 2 rings (SSSR count). The molecule has 0 spiro atoms. The topological polar surface area (TPSA) is 50.4 Å². The molecule has 0 saturated carbocycles. The Hall–Kier alpha value is -1.39. The number of anilines is 1. The van der Waals surface area contributed by atoms with Crippen molar-refractivity contribution in [1.82, 2.24) is 5.32 Å². The van der Waals surface area contributed by atoms with Gasteiger partial charge in [-0.05, 0) is 23.6 Å². The highest BCUT2D eigenvalue weighted by Gasteiger charge is 2.14. The van der Waals surface area contributed by atoms with Crippen molar-refractivity contribution in [2.75, 3.05) is 19.2 Å². The molecule has 1 aromatic rings. The molecule has 16 heavy (non-hydrogen) atoms. The molecule has 0 aromatic heterocycles. The summed E-state index contributed by atoms with van der Waals surface area (Å²) >= 11 is 0. The first-order chi connectivity index (χ1) is 7.79. The molecule has 0 radical (unpaired) electrons. The average Bonchev–Trinajstić information content (AvgIpc) is 2.29. The number of carbonyl (C=O) groups is 1. The maximum absolute atomic E-state index is 11.2. The van der Waals surface area contributed by atoms with Crippen molar-refractivity contribution in [3.8, 4) is 0 Å². The quantitative estimate of drug-likeness (QED) is 0.593. The molecule has 0 bridgehead atoms. The molecule has 86 valence electrons. The molecule has 1 aliphatic rings. The summed E-state index contributed by atoms with van der Waals surface area (Å²) in [5, 5.41) is 6.03. The Morgan fingerprint density at radius 2 is 2.31 bits per heavy atom. The largest absolute Gasteiger partial charge is 0.370 e. The van der Waals surface area contributed by atoms with Crippen LogP contribution >= 0.6 is 0 Å². The van der Waals surface area contributed by atoms with E-state index < -0.39 is 0 Å². The van der Waals surface area contributed by atoms with Gasteiger partial charge in [-0.15, -0.1) is 0 Å². The minimum atomic E-state index is 0.109. The van der Waals surface area contributed by atoms with Gasteiger partial charge in [0.2, 0.25) is 5.91 Å². The summed E-state index contributed by atoms with van der Waals surface area (Å²) in [6.45, 7) is 1.34. The second kappa shape index (κ2) is 5.09. The lowest BCUT2D eigenvalue weighted by Gasteiger charge is -2.17. The SMILES string of the molecule is COCNCc1ccc2c(c1)CCC(=O)N2. The van der Waals surface area contributed by atoms with Gasteiger partial charge in [-0.3, -0.25) is 10.1 Å². The molecule has 1 aliphatic heterocycles. The van der Waals surface area contributed by atoms with E-state index in [0.29, 0.717) is 13.2 Å². The lowest BCUT2D eigenvalue weighted by atomic mass is 10.0. The van der Waals surface area contributed by atoms with Crippen LogP contribution in [0.3, 0.4) is 0 Å². The average molecular weight is 220 g/mol. The third kappa shape index (κ3) is 2.59. The first-order valence-electron chi connectivity index (χ1n) is 5.41. The van der Waals surface area contributed by atoms with Crippen LogP contribution in [0.1, 0.15) is 17.5 Å². The first-order valence-corrected chi connectivity index (χ1v) is 5.41. The van der Waals surface area contributed by atoms with Crippen LogP contribution in [0.4, 0.5) is 5.69 Å². The minimum absolute atomic E-state index is 0.109. The normalized spacial score (nSPS) is 14.4. The number of amides is 1. The van der Waals surface area contributed by atoms with Crippen molar-refractivity contribution < 1.29 is 9.53 Å². The number of aryl methyl sites for hydroxylation is 1. The van der Waals surface area contributed by atoms with Crippen LogP contribution in [0.25, 0.3) is 0 Å². The minimum Gasteiger partial charge on any atom is -0.370 e. The summed E-state index contributed by atoms with van der Waals surface area (Å²) in [6.07, 6.45) is 1.42. The van der Waals surface area contributed by atoms with E-state index in [4.69, 9.17) is 4.74 Å². The summed E-state index contributed by atoms with van der Waals surface area (Å²) in [5.74, 6) is 0.109. The number of hydrogen-bond donors (Lipinski definition) is 2. The van der Waals surface area contributed by atoms with Crippen LogP contribution in [0.15, 0.2) is 18.2 Å². The van der Waals surface area contributed by atoms with Gasteiger partial charge in [-0.2, -0.15) is 0 Å². The van der Waals surface area contributed by atoms with E-state index in [9.17, 15) is 4.79 Å². The Morgan fingerprint density at radius 3 is 3.12 bits per heavy atom. The van der Waals surface area contributed by atoms with Gasteiger partial charge in [0.15, 0.2) is 0 Å². The molecule has 0 unspecified atom stereocenters. The summed E-state index contributed by atoms with van der Waals surface area (Å²) in [5.41, 5.74) is 3.38. The molecule has 0 aliphatic carbocycles. The number of methoxy groups -OCH3 is 1. The van der Waals surface area contributed by atoms with Gasteiger partial charge < -0.3 is 10.1 Å². The third-order valence-electron chi connectivity index (χ3n) is 2.64. The number of benzene rings is 1. The Labute approximate surface area is 95.0 Å². The Kier molecular flexibility index (Phi) is 3.54. The lowest BCUT2D eigenvalue weighted by Crippen LogP contribution is -2.20. The van der Waals surface area contributed by atoms with E-state index in [1.807, 2.05) is 12.1 Å². The molecular formula is C12H16N2O2. The number of nitrogens with one attached hydrogen (secondary N) is 2. The number of hydrogen-bond acceptors (Lipinski definition) is 3. The zero-order valence-corrected chi connectivity index (χ0v) is 9.38. The Bertz CT molecular complexity index is 391. The molecule has 1 aromatic carbocycles. The maximum atomic E-state index is 11.2. The van der Waals surface area contributed by atoms with Crippen LogP contribution in [0.2, 0.25) is 0 Å². The van der Waals surface area contributed by atoms with Crippen molar-refractivity contribution in [2.45, 2.75) is 19.4 Å². The Balaban J connectivity index is 2.04. The van der Waals surface area contributed by atoms with Crippen LogP contribution in [0.5, 0.6) is 0 Å². The van der Waals surface area contributed by atoms with Crippen LogP contribution in [-0.2, 0) is 22.5 Å². The maximum Gasteiger partial charge on any atom is 0.224 e. The summed E-state index contributed by atoms with van der Waals surface area (Å²) in [7, 11) is 1.66. The van der Waals surface area contributed by atoms with Crippen LogP contribution < -0.4 is 10.6 Å². The number of ether oxygens (including phenoxy) is 1. The zero-order chi connectivity index (χ0) is 11.4. The molecule has 4 nitrogen and oxygen atoms in total. The number of fused-ring (bicyclic) bond motifs is 1. The Morgan fingerprint density at radius 1 is 1.44 bits per heavy atom. The fourth-order valence-corrected chi connectivity index (χ4v) is 1.84. The highest BCUT2D eigenvalue weighted by Crippen LogP contribution is 2.23. The third-order valence-corrected chi connectivity index (χ3v) is 2.64. The summed E-state index contributed by atoms with van der Waals surface area (Å²) in [6, 6.07) is 6.13. The van der Waals surface area contributed by atoms with E-state index in [-0.39, 0.29) is 5.91 Å². The van der Waals surface area contributed by atoms with Gasteiger partial charge >= 0.3 is 0 Å². The van der Waals surface area contributed by atoms with Crippen LogP contribution in [0, 0.1) is 0 Å². The smallest absolute Gasteiger partial charge is 0.224 e. The lowest BCUT2D eigenvalue weighted by molar-refractivity contribution is -0.116.